The van der Waals surface area contributed by atoms with Gasteiger partial charge in [-0.15, -0.1) is 0 Å². The van der Waals surface area contributed by atoms with Crippen LogP contribution in [0.25, 0.3) is 0 Å². The molecule has 1 rings (SSSR count). The maximum Gasteiger partial charge on any atom is 0.374 e. The van der Waals surface area contributed by atoms with Gasteiger partial charge in [0.15, 0.2) is 0 Å². The lowest BCUT2D eigenvalue weighted by Gasteiger charge is -2.15. The first-order valence-electron chi connectivity index (χ1n) is 6.06. The fourth-order valence-electron chi connectivity index (χ4n) is 1.67. The van der Waals surface area contributed by atoms with Crippen LogP contribution in [0, 0.1) is 0 Å². The minimum absolute atomic E-state index is 0.0972. The quantitative estimate of drug-likeness (QED) is 0.571. The van der Waals surface area contributed by atoms with Gasteiger partial charge in [-0.05, 0) is 31.0 Å². The zero-order valence-electron chi connectivity index (χ0n) is 11.0. The van der Waals surface area contributed by atoms with E-state index in [1.54, 1.807) is 26.2 Å². The van der Waals surface area contributed by atoms with Crippen molar-refractivity contribution in [3.8, 4) is 0 Å². The van der Waals surface area contributed by atoms with Gasteiger partial charge in [-0.2, -0.15) is 0 Å². The molecule has 0 heterocycles. The molecule has 0 amide bonds. The normalized spacial score (nSPS) is 11.9. The van der Waals surface area contributed by atoms with Crippen LogP contribution < -0.4 is 0 Å². The SMILES string of the molecule is CCOC(=O)C(=O)CCC(OC)c1ccc(Cl)cc1. The van der Waals surface area contributed by atoms with Gasteiger partial charge < -0.3 is 9.47 Å². The number of methoxy groups -OCH3 is 1. The summed E-state index contributed by atoms with van der Waals surface area (Å²) in [6.45, 7) is 1.87. The van der Waals surface area contributed by atoms with Crippen molar-refractivity contribution in [3.63, 3.8) is 0 Å². The molecule has 0 saturated heterocycles. The summed E-state index contributed by atoms with van der Waals surface area (Å²) in [6, 6.07) is 7.20. The number of hydrogen-bond acceptors (Lipinski definition) is 4. The van der Waals surface area contributed by atoms with Gasteiger partial charge in [0.1, 0.15) is 0 Å². The van der Waals surface area contributed by atoms with Crippen molar-refractivity contribution in [2.45, 2.75) is 25.9 Å². The molecule has 19 heavy (non-hydrogen) atoms. The van der Waals surface area contributed by atoms with Crippen LogP contribution in [-0.2, 0) is 19.1 Å². The van der Waals surface area contributed by atoms with Crippen molar-refractivity contribution in [2.24, 2.45) is 0 Å². The van der Waals surface area contributed by atoms with E-state index in [9.17, 15) is 9.59 Å². The van der Waals surface area contributed by atoms with Gasteiger partial charge in [-0.25, -0.2) is 4.79 Å². The molecule has 0 spiro atoms. The number of benzene rings is 1. The third kappa shape index (κ3) is 5.01. The fourth-order valence-corrected chi connectivity index (χ4v) is 1.80. The molecule has 104 valence electrons. The number of hydrogen-bond donors (Lipinski definition) is 0. The van der Waals surface area contributed by atoms with Crippen LogP contribution in [0.1, 0.15) is 31.4 Å². The number of ether oxygens (including phenoxy) is 2. The van der Waals surface area contributed by atoms with Gasteiger partial charge in [0, 0.05) is 18.6 Å². The van der Waals surface area contributed by atoms with Crippen molar-refractivity contribution in [1.29, 1.82) is 0 Å². The van der Waals surface area contributed by atoms with E-state index in [4.69, 9.17) is 16.3 Å². The minimum atomic E-state index is -0.784. The molecule has 0 aliphatic heterocycles. The second-order valence-corrected chi connectivity index (χ2v) is 4.39. The van der Waals surface area contributed by atoms with Crippen LogP contribution in [0.3, 0.4) is 0 Å². The van der Waals surface area contributed by atoms with E-state index >= 15 is 0 Å². The van der Waals surface area contributed by atoms with E-state index in [2.05, 4.69) is 4.74 Å². The summed E-state index contributed by atoms with van der Waals surface area (Å²) in [7, 11) is 1.56. The highest BCUT2D eigenvalue weighted by Crippen LogP contribution is 2.23. The Kier molecular flexibility index (Phi) is 6.53. The Morgan fingerprint density at radius 2 is 1.89 bits per heavy atom. The number of esters is 1. The summed E-state index contributed by atoms with van der Waals surface area (Å²) < 4.78 is 9.96. The smallest absolute Gasteiger partial charge is 0.374 e. The Balaban J connectivity index is 2.56. The Morgan fingerprint density at radius 3 is 2.42 bits per heavy atom. The van der Waals surface area contributed by atoms with Crippen LogP contribution in [0.4, 0.5) is 0 Å². The van der Waals surface area contributed by atoms with Crippen LogP contribution in [0.2, 0.25) is 5.02 Å². The number of halogens is 1. The molecule has 0 bridgehead atoms. The van der Waals surface area contributed by atoms with E-state index in [0.717, 1.165) is 5.56 Å². The largest absolute Gasteiger partial charge is 0.460 e. The van der Waals surface area contributed by atoms with Gasteiger partial charge in [0.05, 0.1) is 12.7 Å². The van der Waals surface area contributed by atoms with Crippen molar-refractivity contribution in [2.75, 3.05) is 13.7 Å². The molecule has 0 saturated carbocycles. The van der Waals surface area contributed by atoms with Gasteiger partial charge >= 0.3 is 5.97 Å². The Bertz CT molecular complexity index is 428. The standard InChI is InChI=1S/C14H17ClO4/c1-3-19-14(17)12(16)8-9-13(18-2)10-4-6-11(15)7-5-10/h4-7,13H,3,8-9H2,1-2H3. The predicted octanol–water partition coefficient (Wildman–Crippen LogP) is 2.94. The topological polar surface area (TPSA) is 52.6 Å². The molecule has 0 N–H and O–H groups in total. The van der Waals surface area contributed by atoms with Crippen molar-refractivity contribution >= 4 is 23.4 Å². The fraction of sp³-hybridized carbons (Fsp3) is 0.429. The van der Waals surface area contributed by atoms with E-state index in [0.29, 0.717) is 11.4 Å². The first-order chi connectivity index (χ1) is 9.08. The first-order valence-corrected chi connectivity index (χ1v) is 6.44. The molecular weight excluding hydrogens is 268 g/mol. The average molecular weight is 285 g/mol. The van der Waals surface area contributed by atoms with Crippen LogP contribution in [-0.4, -0.2) is 25.5 Å². The summed E-state index contributed by atoms with van der Waals surface area (Å²) in [6.07, 6.45) is 0.283. The van der Waals surface area contributed by atoms with E-state index in [1.807, 2.05) is 12.1 Å². The Morgan fingerprint density at radius 1 is 1.26 bits per heavy atom. The van der Waals surface area contributed by atoms with Crippen molar-refractivity contribution in [1.82, 2.24) is 0 Å². The maximum atomic E-state index is 11.5. The summed E-state index contributed by atoms with van der Waals surface area (Å²) >= 11 is 5.81. The molecule has 1 atom stereocenters. The van der Waals surface area contributed by atoms with E-state index in [-0.39, 0.29) is 19.1 Å². The average Bonchev–Trinajstić information content (AvgIpc) is 2.41. The monoisotopic (exact) mass is 284 g/mol. The predicted molar refractivity (Wildman–Crippen MR) is 72.1 cm³/mol. The minimum Gasteiger partial charge on any atom is -0.460 e. The molecule has 1 aromatic carbocycles. The molecular formula is C14H17ClO4. The van der Waals surface area contributed by atoms with Gasteiger partial charge in [0.25, 0.3) is 0 Å². The summed E-state index contributed by atoms with van der Waals surface area (Å²) in [5.74, 6) is -1.31. The zero-order valence-corrected chi connectivity index (χ0v) is 11.8. The molecule has 0 radical (unpaired) electrons. The second-order valence-electron chi connectivity index (χ2n) is 3.96. The summed E-state index contributed by atoms with van der Waals surface area (Å²) in [4.78, 5) is 22.7. The third-order valence-electron chi connectivity index (χ3n) is 2.66. The zero-order chi connectivity index (χ0) is 14.3. The van der Waals surface area contributed by atoms with E-state index in [1.165, 1.54) is 0 Å². The molecule has 0 aliphatic carbocycles. The second kappa shape index (κ2) is 7.92. The third-order valence-corrected chi connectivity index (χ3v) is 2.91. The van der Waals surface area contributed by atoms with Crippen LogP contribution in [0.5, 0.6) is 0 Å². The Hall–Kier alpha value is -1.39. The van der Waals surface area contributed by atoms with Gasteiger partial charge in [0.2, 0.25) is 5.78 Å². The number of carbonyl (C=O) groups is 2. The number of carbonyl (C=O) groups excluding carboxylic acids is 2. The van der Waals surface area contributed by atoms with E-state index < -0.39 is 11.8 Å². The molecule has 5 heteroatoms. The Labute approximate surface area is 117 Å². The molecule has 1 unspecified atom stereocenters. The molecule has 4 nitrogen and oxygen atoms in total. The van der Waals surface area contributed by atoms with Crippen molar-refractivity contribution < 1.29 is 19.1 Å². The summed E-state index contributed by atoms with van der Waals surface area (Å²) in [5, 5.41) is 0.640. The molecule has 1 aromatic rings. The molecule has 0 aromatic heterocycles. The summed E-state index contributed by atoms with van der Waals surface area (Å²) in [5.41, 5.74) is 0.920. The van der Waals surface area contributed by atoms with Crippen LogP contribution in [0.15, 0.2) is 24.3 Å². The van der Waals surface area contributed by atoms with Crippen LogP contribution >= 0.6 is 11.6 Å². The number of ketones is 1. The molecule has 0 aliphatic rings. The lowest BCUT2D eigenvalue weighted by Crippen LogP contribution is -2.18. The maximum absolute atomic E-state index is 11.5. The van der Waals surface area contributed by atoms with Crippen molar-refractivity contribution in [3.05, 3.63) is 34.9 Å². The van der Waals surface area contributed by atoms with Gasteiger partial charge in [-0.1, -0.05) is 23.7 Å². The number of rotatable bonds is 7. The number of Topliss-reactive ketones (excluding diaryl/α,β-unsaturated/α-hetero) is 1. The highest BCUT2D eigenvalue weighted by Gasteiger charge is 2.18. The lowest BCUT2D eigenvalue weighted by molar-refractivity contribution is -0.153. The highest BCUT2D eigenvalue weighted by molar-refractivity contribution is 6.33. The van der Waals surface area contributed by atoms with Gasteiger partial charge in [-0.3, -0.25) is 4.79 Å². The first kappa shape index (κ1) is 15.7. The molecule has 0 fully saturated rings. The lowest BCUT2D eigenvalue weighted by atomic mass is 10.0. The highest BCUT2D eigenvalue weighted by atomic mass is 35.5.